The van der Waals surface area contributed by atoms with Crippen LogP contribution in [0.5, 0.6) is 0 Å². The van der Waals surface area contributed by atoms with Crippen molar-refractivity contribution in [3.05, 3.63) is 222 Å². The van der Waals surface area contributed by atoms with Crippen LogP contribution in [0, 0.1) is 0 Å². The van der Waals surface area contributed by atoms with Gasteiger partial charge in [0.25, 0.3) is 0 Å². The minimum Gasteiger partial charge on any atom is -0.309 e. The largest absolute Gasteiger partial charge is 0.309 e. The Morgan fingerprint density at radius 3 is 1.95 bits per heavy atom. The fourth-order valence-electron chi connectivity index (χ4n) is 9.68. The highest BCUT2D eigenvalue weighted by Gasteiger charge is 2.30. The van der Waals surface area contributed by atoms with Crippen molar-refractivity contribution in [3.63, 3.8) is 0 Å². The molecule has 2 aliphatic carbocycles. The van der Waals surface area contributed by atoms with Crippen LogP contribution in [0.1, 0.15) is 33.7 Å². The van der Waals surface area contributed by atoms with Gasteiger partial charge in [-0.3, -0.25) is 0 Å². The lowest BCUT2D eigenvalue weighted by atomic mass is 9.86. The molecule has 0 amide bonds. The maximum Gasteiger partial charge on any atom is 0.0547 e. The molecule has 1 heteroatoms. The second kappa shape index (κ2) is 11.8. The molecule has 55 heavy (non-hydrogen) atoms. The molecule has 0 fully saturated rings. The van der Waals surface area contributed by atoms with Crippen molar-refractivity contribution in [2.24, 2.45) is 0 Å². The van der Waals surface area contributed by atoms with E-state index in [0.29, 0.717) is 0 Å². The maximum absolute atomic E-state index is 2.45. The zero-order valence-electron chi connectivity index (χ0n) is 30.2. The minimum atomic E-state index is 0.159. The third-order valence-corrected chi connectivity index (χ3v) is 12.3. The number of benzene rings is 9. The molecule has 9 aromatic carbocycles. The van der Waals surface area contributed by atoms with Crippen LogP contribution in [0.4, 0.5) is 0 Å². The average molecular weight is 698 g/mol. The molecule has 1 unspecified atom stereocenters. The first-order chi connectivity index (χ1) is 27.2. The molecule has 10 aromatic rings. The van der Waals surface area contributed by atoms with E-state index in [-0.39, 0.29) is 5.92 Å². The molecule has 0 aliphatic heterocycles. The summed E-state index contributed by atoms with van der Waals surface area (Å²) in [5, 5.41) is 5.09. The van der Waals surface area contributed by atoms with Gasteiger partial charge < -0.3 is 4.57 Å². The molecule has 1 aromatic heterocycles. The van der Waals surface area contributed by atoms with E-state index >= 15 is 0 Å². The van der Waals surface area contributed by atoms with Gasteiger partial charge in [0.15, 0.2) is 0 Å². The Balaban J connectivity index is 0.950. The second-order valence-corrected chi connectivity index (χ2v) is 15.3. The number of hydrogen-bond donors (Lipinski definition) is 0. The van der Waals surface area contributed by atoms with Gasteiger partial charge >= 0.3 is 0 Å². The Labute approximate surface area is 320 Å². The first-order valence-corrected chi connectivity index (χ1v) is 19.3. The van der Waals surface area contributed by atoms with Crippen LogP contribution in [-0.2, 0) is 6.42 Å². The van der Waals surface area contributed by atoms with Gasteiger partial charge in [-0.2, -0.15) is 0 Å². The van der Waals surface area contributed by atoms with Gasteiger partial charge in [0, 0.05) is 22.4 Å². The fourth-order valence-corrected chi connectivity index (χ4v) is 9.68. The smallest absolute Gasteiger partial charge is 0.0547 e. The quantitative estimate of drug-likeness (QED) is 0.173. The van der Waals surface area contributed by atoms with E-state index in [1.807, 2.05) is 0 Å². The van der Waals surface area contributed by atoms with E-state index < -0.39 is 0 Å². The van der Waals surface area contributed by atoms with Crippen LogP contribution in [0.15, 0.2) is 194 Å². The zero-order chi connectivity index (χ0) is 36.0. The third-order valence-electron chi connectivity index (χ3n) is 12.3. The van der Waals surface area contributed by atoms with Crippen molar-refractivity contribution in [1.82, 2.24) is 4.57 Å². The summed E-state index contributed by atoms with van der Waals surface area (Å²) >= 11 is 0. The van der Waals surface area contributed by atoms with E-state index in [2.05, 4.69) is 199 Å². The fraction of sp³-hybridized carbons (Fsp3) is 0.0370. The summed E-state index contributed by atoms with van der Waals surface area (Å²) < 4.78 is 2.41. The summed E-state index contributed by atoms with van der Waals surface area (Å²) in [6.07, 6.45) is 1.02. The topological polar surface area (TPSA) is 4.93 Å². The number of hydrogen-bond acceptors (Lipinski definition) is 0. The van der Waals surface area contributed by atoms with Gasteiger partial charge in [0.05, 0.1) is 11.0 Å². The predicted molar refractivity (Wildman–Crippen MR) is 230 cm³/mol. The number of aromatic nitrogens is 1. The van der Waals surface area contributed by atoms with Crippen LogP contribution in [-0.4, -0.2) is 4.57 Å². The van der Waals surface area contributed by atoms with Gasteiger partial charge in [0.2, 0.25) is 0 Å². The van der Waals surface area contributed by atoms with E-state index in [4.69, 9.17) is 0 Å². The van der Waals surface area contributed by atoms with E-state index in [1.54, 1.807) is 0 Å². The van der Waals surface area contributed by atoms with Crippen molar-refractivity contribution >= 4 is 32.6 Å². The van der Waals surface area contributed by atoms with Crippen molar-refractivity contribution in [2.45, 2.75) is 12.3 Å². The highest BCUT2D eigenvalue weighted by atomic mass is 15.0. The average Bonchev–Trinajstić information content (AvgIpc) is 3.90. The molecule has 0 saturated heterocycles. The monoisotopic (exact) mass is 697 g/mol. The predicted octanol–water partition coefficient (Wildman–Crippen LogP) is 14.0. The standard InChI is InChI=1S/C54H35N/c1-2-11-43(12-3-1)55-52-17-9-8-15-47(52)48-27-25-39(33-53(48)55)38-24-26-46-45-14-6-7-16-49(45)54(51(46)32-38)42-23-21-34-28-35(18-19-36(34)29-42)37-20-22-41-30-40-10-4-5-13-44(40)50(41)31-37/h1-29,31-33,54H,30H2. The molecular weight excluding hydrogens is 663 g/mol. The molecular formula is C54H35N. The SMILES string of the molecule is c1ccc(-n2c3ccccc3c3ccc(-c4ccc5c(c4)C(c4ccc6cc(-c7ccc8c(c7)-c7ccccc7C8)ccc6c4)c4ccccc4-5)cc32)cc1. The second-order valence-electron chi connectivity index (χ2n) is 15.3. The molecule has 1 heterocycles. The first-order valence-electron chi connectivity index (χ1n) is 19.3. The summed E-state index contributed by atoms with van der Waals surface area (Å²) in [5.74, 6) is 0.159. The minimum absolute atomic E-state index is 0.159. The lowest BCUT2D eigenvalue weighted by Gasteiger charge is -2.17. The molecule has 1 atom stereocenters. The van der Waals surface area contributed by atoms with Crippen molar-refractivity contribution in [1.29, 1.82) is 0 Å². The number of rotatable bonds is 4. The summed E-state index contributed by atoms with van der Waals surface area (Å²) in [6.45, 7) is 0. The molecule has 0 bridgehead atoms. The first kappa shape index (κ1) is 30.5. The Morgan fingerprint density at radius 2 is 1.00 bits per heavy atom. The number of para-hydroxylation sites is 2. The number of nitrogens with zero attached hydrogens (tertiary/aromatic N) is 1. The number of fused-ring (bicyclic) bond motifs is 10. The Kier molecular flexibility index (Phi) is 6.53. The summed E-state index contributed by atoms with van der Waals surface area (Å²) in [7, 11) is 0. The third kappa shape index (κ3) is 4.66. The van der Waals surface area contributed by atoms with E-state index in [0.717, 1.165) is 6.42 Å². The normalized spacial score (nSPS) is 13.9. The lowest BCUT2D eigenvalue weighted by molar-refractivity contribution is 1.02. The maximum atomic E-state index is 2.45. The lowest BCUT2D eigenvalue weighted by Crippen LogP contribution is -1.99. The molecule has 0 saturated carbocycles. The van der Waals surface area contributed by atoms with Gasteiger partial charge in [-0.15, -0.1) is 0 Å². The zero-order valence-corrected chi connectivity index (χ0v) is 30.2. The molecule has 2 aliphatic rings. The van der Waals surface area contributed by atoms with Crippen LogP contribution < -0.4 is 0 Å². The molecule has 0 spiro atoms. The van der Waals surface area contributed by atoms with E-state index in [1.165, 1.54) is 111 Å². The summed E-state index contributed by atoms with van der Waals surface area (Å²) in [5.41, 5.74) is 21.0. The van der Waals surface area contributed by atoms with Crippen molar-refractivity contribution in [2.75, 3.05) is 0 Å². The molecule has 1 nitrogen and oxygen atoms in total. The van der Waals surface area contributed by atoms with Gasteiger partial charge in [0.1, 0.15) is 0 Å². The van der Waals surface area contributed by atoms with Gasteiger partial charge in [-0.1, -0.05) is 152 Å². The molecule has 0 N–H and O–H groups in total. The Morgan fingerprint density at radius 1 is 0.364 bits per heavy atom. The molecule has 256 valence electrons. The van der Waals surface area contributed by atoms with Crippen LogP contribution in [0.2, 0.25) is 0 Å². The van der Waals surface area contributed by atoms with E-state index in [9.17, 15) is 0 Å². The Bertz CT molecular complexity index is 3180. The van der Waals surface area contributed by atoms with Crippen molar-refractivity contribution in [3.8, 4) is 50.2 Å². The van der Waals surface area contributed by atoms with Crippen LogP contribution in [0.3, 0.4) is 0 Å². The summed E-state index contributed by atoms with van der Waals surface area (Å²) in [4.78, 5) is 0. The highest BCUT2D eigenvalue weighted by Crippen LogP contribution is 2.50. The van der Waals surface area contributed by atoms with Gasteiger partial charge in [-0.25, -0.2) is 0 Å². The summed E-state index contributed by atoms with van der Waals surface area (Å²) in [6, 6.07) is 72.5. The Hall–Kier alpha value is -6.96. The highest BCUT2D eigenvalue weighted by molar-refractivity contribution is 6.10. The van der Waals surface area contributed by atoms with Gasteiger partial charge in [-0.05, 0) is 132 Å². The van der Waals surface area contributed by atoms with Crippen LogP contribution >= 0.6 is 0 Å². The molecule has 12 rings (SSSR count). The van der Waals surface area contributed by atoms with Crippen LogP contribution in [0.25, 0.3) is 82.8 Å². The molecule has 0 radical (unpaired) electrons. The van der Waals surface area contributed by atoms with Crippen molar-refractivity contribution < 1.29 is 0 Å².